The number of hydrogen-bond donors (Lipinski definition) is 2. The van der Waals surface area contributed by atoms with Gasteiger partial charge in [-0.15, -0.1) is 0 Å². The van der Waals surface area contributed by atoms with Gasteiger partial charge in [-0.25, -0.2) is 4.39 Å². The van der Waals surface area contributed by atoms with Gasteiger partial charge in [0.2, 0.25) is 5.91 Å². The molecule has 1 amide bonds. The van der Waals surface area contributed by atoms with Crippen LogP contribution in [0.5, 0.6) is 5.75 Å². The number of rotatable bonds is 9. The zero-order valence-corrected chi connectivity index (χ0v) is 18.0. The minimum Gasteiger partial charge on any atom is -0.505 e. The average molecular weight is 453 g/mol. The fraction of sp³-hybridized carbons (Fsp3) is 0.478. The summed E-state index contributed by atoms with van der Waals surface area (Å²) in [4.78, 5) is 18.5. The fourth-order valence-corrected chi connectivity index (χ4v) is 4.05. The van der Waals surface area contributed by atoms with E-state index >= 15 is 0 Å². The quantitative estimate of drug-likeness (QED) is 0.563. The van der Waals surface area contributed by atoms with E-state index < -0.39 is 35.0 Å². The lowest BCUT2D eigenvalue weighted by Crippen LogP contribution is -2.42. The van der Waals surface area contributed by atoms with Crippen LogP contribution in [-0.4, -0.2) is 53.8 Å². The van der Waals surface area contributed by atoms with Gasteiger partial charge in [-0.2, -0.15) is 13.2 Å². The molecule has 1 aromatic carbocycles. The highest BCUT2D eigenvalue weighted by atomic mass is 19.4. The molecule has 9 heteroatoms. The molecule has 2 atom stereocenters. The fourth-order valence-electron chi connectivity index (χ4n) is 4.05. The second-order valence-corrected chi connectivity index (χ2v) is 8.61. The highest BCUT2D eigenvalue weighted by molar-refractivity contribution is 5.77. The van der Waals surface area contributed by atoms with Crippen LogP contribution in [0.4, 0.5) is 17.6 Å². The number of nitrogens with zero attached hydrogens (tertiary/aromatic N) is 2. The molecular weight excluding hydrogens is 426 g/mol. The summed E-state index contributed by atoms with van der Waals surface area (Å²) in [5.41, 5.74) is -0.852. The number of phenolic OH excluding ortho intramolecular Hbond substituents is 1. The summed E-state index contributed by atoms with van der Waals surface area (Å²) < 4.78 is 55.0. The third kappa shape index (κ3) is 5.38. The van der Waals surface area contributed by atoms with Gasteiger partial charge in [-0.3, -0.25) is 9.78 Å². The number of amides is 1. The standard InChI is InChI=1S/C23H27F4N3O2/c1-30(2)17(10-15-5-6-20(31)19(24)11-15)14-29-21(32)12-18(16-4-3-9-28-13-16)22(7-8-22)23(25,26)27/h3-6,9,11,13,17-18,31H,7-8,10,12,14H2,1-2H3,(H,29,32)/t17-,18-/m0/s1. The van der Waals surface area contributed by atoms with Crippen LogP contribution >= 0.6 is 0 Å². The topological polar surface area (TPSA) is 65.5 Å². The first-order valence-corrected chi connectivity index (χ1v) is 10.4. The van der Waals surface area contributed by atoms with Gasteiger partial charge in [0.05, 0.1) is 5.41 Å². The molecular formula is C23H27F4N3O2. The monoisotopic (exact) mass is 453 g/mol. The van der Waals surface area contributed by atoms with Crippen molar-refractivity contribution in [3.05, 3.63) is 59.7 Å². The van der Waals surface area contributed by atoms with E-state index in [-0.39, 0.29) is 31.8 Å². The average Bonchev–Trinajstić information content (AvgIpc) is 3.54. The molecule has 174 valence electrons. The molecule has 1 aromatic heterocycles. The van der Waals surface area contributed by atoms with Gasteiger partial charge < -0.3 is 15.3 Å². The first-order chi connectivity index (χ1) is 15.0. The summed E-state index contributed by atoms with van der Waals surface area (Å²) in [5, 5.41) is 12.1. The number of pyridine rings is 1. The molecule has 1 aliphatic rings. The Morgan fingerprint density at radius 3 is 2.53 bits per heavy atom. The van der Waals surface area contributed by atoms with E-state index in [1.807, 2.05) is 4.90 Å². The van der Waals surface area contributed by atoms with Crippen molar-refractivity contribution < 1.29 is 27.5 Å². The molecule has 1 aliphatic carbocycles. The summed E-state index contributed by atoms with van der Waals surface area (Å²) in [6.07, 6.45) is -1.43. The van der Waals surface area contributed by atoms with E-state index in [1.54, 1.807) is 32.3 Å². The SMILES string of the molecule is CN(C)[C@H](CNC(=O)C[C@@H](c1cccnc1)C1(C(F)(F)F)CC1)Cc1ccc(O)c(F)c1. The number of nitrogens with one attached hydrogen (secondary N) is 1. The van der Waals surface area contributed by atoms with E-state index in [0.717, 1.165) is 0 Å². The number of carbonyl (C=O) groups excluding carboxylic acids is 1. The molecule has 2 N–H and O–H groups in total. The third-order valence-electron chi connectivity index (χ3n) is 6.25. The number of alkyl halides is 3. The molecule has 32 heavy (non-hydrogen) atoms. The molecule has 0 radical (unpaired) electrons. The number of aromatic nitrogens is 1. The summed E-state index contributed by atoms with van der Waals surface area (Å²) in [7, 11) is 3.60. The largest absolute Gasteiger partial charge is 0.505 e. The van der Waals surface area contributed by atoms with Crippen LogP contribution in [0, 0.1) is 11.2 Å². The van der Waals surface area contributed by atoms with Gasteiger partial charge in [0, 0.05) is 37.3 Å². The number of carbonyl (C=O) groups is 1. The predicted octanol–water partition coefficient (Wildman–Crippen LogP) is 4.03. The molecule has 0 aliphatic heterocycles. The van der Waals surface area contributed by atoms with Crippen molar-refractivity contribution in [1.29, 1.82) is 0 Å². The van der Waals surface area contributed by atoms with Gasteiger partial charge in [-0.1, -0.05) is 12.1 Å². The Morgan fingerprint density at radius 1 is 1.28 bits per heavy atom. The van der Waals surface area contributed by atoms with Crippen molar-refractivity contribution in [2.45, 2.75) is 43.8 Å². The number of aromatic hydroxyl groups is 1. The normalized spacial score (nSPS) is 17.1. The lowest BCUT2D eigenvalue weighted by molar-refractivity contribution is -0.194. The molecule has 0 bridgehead atoms. The maximum absolute atomic E-state index is 13.8. The number of phenols is 1. The first-order valence-electron chi connectivity index (χ1n) is 10.4. The summed E-state index contributed by atoms with van der Waals surface area (Å²) in [5.74, 6) is -2.65. The Kier molecular flexibility index (Phi) is 7.07. The van der Waals surface area contributed by atoms with E-state index in [2.05, 4.69) is 10.3 Å². The minimum atomic E-state index is -4.40. The Balaban J connectivity index is 1.68. The molecule has 1 fully saturated rings. The zero-order chi connectivity index (χ0) is 23.5. The number of likely N-dealkylation sites (N-methyl/N-ethyl adjacent to an activating group) is 1. The van der Waals surface area contributed by atoms with Crippen molar-refractivity contribution in [2.75, 3.05) is 20.6 Å². The van der Waals surface area contributed by atoms with Crippen LogP contribution in [-0.2, 0) is 11.2 Å². The van der Waals surface area contributed by atoms with Gasteiger partial charge in [-0.05, 0) is 62.7 Å². The molecule has 0 spiro atoms. The van der Waals surface area contributed by atoms with Crippen molar-refractivity contribution in [2.24, 2.45) is 5.41 Å². The van der Waals surface area contributed by atoms with Crippen LogP contribution in [0.3, 0.4) is 0 Å². The highest BCUT2D eigenvalue weighted by Gasteiger charge is 2.67. The predicted molar refractivity (Wildman–Crippen MR) is 112 cm³/mol. The smallest absolute Gasteiger partial charge is 0.395 e. The first kappa shape index (κ1) is 24.0. The lowest BCUT2D eigenvalue weighted by atomic mass is 9.80. The Labute approximate surface area is 184 Å². The van der Waals surface area contributed by atoms with Crippen molar-refractivity contribution in [1.82, 2.24) is 15.2 Å². The molecule has 1 saturated carbocycles. The minimum absolute atomic E-state index is 0.00389. The molecule has 0 saturated heterocycles. The lowest BCUT2D eigenvalue weighted by Gasteiger charge is -2.30. The summed E-state index contributed by atoms with van der Waals surface area (Å²) in [6, 6.07) is 7.03. The Morgan fingerprint density at radius 2 is 2.00 bits per heavy atom. The molecule has 0 unspecified atom stereocenters. The van der Waals surface area contributed by atoms with Crippen LogP contribution in [0.2, 0.25) is 0 Å². The molecule has 5 nitrogen and oxygen atoms in total. The molecule has 2 aromatic rings. The van der Waals surface area contributed by atoms with Crippen molar-refractivity contribution >= 4 is 5.91 Å². The van der Waals surface area contributed by atoms with Crippen LogP contribution < -0.4 is 5.32 Å². The van der Waals surface area contributed by atoms with Crippen LogP contribution in [0.1, 0.15) is 36.3 Å². The summed E-state index contributed by atoms with van der Waals surface area (Å²) >= 11 is 0. The second kappa shape index (κ2) is 9.44. The van der Waals surface area contributed by atoms with Gasteiger partial charge >= 0.3 is 6.18 Å². The third-order valence-corrected chi connectivity index (χ3v) is 6.25. The maximum Gasteiger partial charge on any atom is 0.395 e. The zero-order valence-electron chi connectivity index (χ0n) is 18.0. The van der Waals surface area contributed by atoms with Gasteiger partial charge in [0.1, 0.15) is 0 Å². The second-order valence-electron chi connectivity index (χ2n) is 8.61. The van der Waals surface area contributed by atoms with Crippen molar-refractivity contribution in [3.8, 4) is 5.75 Å². The summed E-state index contributed by atoms with van der Waals surface area (Å²) in [6.45, 7) is 0.188. The van der Waals surface area contributed by atoms with Gasteiger partial charge in [0.25, 0.3) is 0 Å². The number of halogens is 4. The van der Waals surface area contributed by atoms with E-state index in [1.165, 1.54) is 24.5 Å². The number of benzene rings is 1. The van der Waals surface area contributed by atoms with Crippen molar-refractivity contribution in [3.63, 3.8) is 0 Å². The number of hydrogen-bond acceptors (Lipinski definition) is 4. The Hall–Kier alpha value is -2.68. The Bertz CT molecular complexity index is 931. The van der Waals surface area contributed by atoms with Crippen LogP contribution in [0.15, 0.2) is 42.7 Å². The van der Waals surface area contributed by atoms with E-state index in [0.29, 0.717) is 17.5 Å². The highest BCUT2D eigenvalue weighted by Crippen LogP contribution is 2.66. The molecule has 1 heterocycles. The van der Waals surface area contributed by atoms with E-state index in [4.69, 9.17) is 0 Å². The van der Waals surface area contributed by atoms with Gasteiger partial charge in [0.15, 0.2) is 11.6 Å². The maximum atomic E-state index is 13.8. The van der Waals surface area contributed by atoms with E-state index in [9.17, 15) is 27.5 Å². The van der Waals surface area contributed by atoms with Crippen LogP contribution in [0.25, 0.3) is 0 Å². The molecule has 3 rings (SSSR count).